The summed E-state index contributed by atoms with van der Waals surface area (Å²) < 4.78 is 0. The number of carbonyl (C=O) groups excluding carboxylic acids is 1. The first-order chi connectivity index (χ1) is 7.11. The first-order valence-electron chi connectivity index (χ1n) is 5.13. The molecule has 1 aromatic rings. The monoisotopic (exact) mass is 207 g/mol. The summed E-state index contributed by atoms with van der Waals surface area (Å²) in [6, 6.07) is 7.45. The number of hydrogen-bond donors (Lipinski definition) is 2. The summed E-state index contributed by atoms with van der Waals surface area (Å²) in [7, 11) is 0. The van der Waals surface area contributed by atoms with Crippen LogP contribution in [0.3, 0.4) is 0 Å². The summed E-state index contributed by atoms with van der Waals surface area (Å²) in [5, 5.41) is 11.8. The number of rotatable bonds is 4. The second-order valence-corrected chi connectivity index (χ2v) is 3.71. The van der Waals surface area contributed by atoms with Crippen LogP contribution >= 0.6 is 0 Å². The summed E-state index contributed by atoms with van der Waals surface area (Å²) in [4.78, 5) is 11.7. The zero-order chi connectivity index (χ0) is 11.3. The number of benzene rings is 1. The van der Waals surface area contributed by atoms with Gasteiger partial charge in [0.05, 0.1) is 6.10 Å². The van der Waals surface area contributed by atoms with Gasteiger partial charge in [0, 0.05) is 12.1 Å². The molecule has 3 nitrogen and oxygen atoms in total. The Morgan fingerprint density at radius 1 is 1.47 bits per heavy atom. The van der Waals surface area contributed by atoms with Gasteiger partial charge in [-0.05, 0) is 31.9 Å². The fourth-order valence-corrected chi connectivity index (χ4v) is 1.32. The Balaban J connectivity index is 2.51. The zero-order valence-corrected chi connectivity index (χ0v) is 9.16. The molecule has 0 aliphatic carbocycles. The molecule has 0 aliphatic heterocycles. The van der Waals surface area contributed by atoms with Gasteiger partial charge >= 0.3 is 0 Å². The van der Waals surface area contributed by atoms with Crippen molar-refractivity contribution in [1.29, 1.82) is 0 Å². The highest BCUT2D eigenvalue weighted by Gasteiger charge is 2.07. The molecule has 0 heterocycles. The van der Waals surface area contributed by atoms with Crippen LogP contribution in [0.4, 0.5) is 0 Å². The quantitative estimate of drug-likeness (QED) is 0.786. The lowest BCUT2D eigenvalue weighted by Gasteiger charge is -2.08. The van der Waals surface area contributed by atoms with Crippen LogP contribution in [-0.4, -0.2) is 23.7 Å². The third-order valence-corrected chi connectivity index (χ3v) is 2.24. The maximum Gasteiger partial charge on any atom is 0.251 e. The summed E-state index contributed by atoms with van der Waals surface area (Å²) in [6.07, 6.45) is 0.208. The number of carbonyl (C=O) groups is 1. The molecule has 0 bridgehead atoms. The zero-order valence-electron chi connectivity index (χ0n) is 9.16. The van der Waals surface area contributed by atoms with Crippen molar-refractivity contribution in [2.75, 3.05) is 6.54 Å². The van der Waals surface area contributed by atoms with E-state index >= 15 is 0 Å². The molecule has 0 aromatic heterocycles. The molecule has 0 spiro atoms. The van der Waals surface area contributed by atoms with Gasteiger partial charge in [0.2, 0.25) is 0 Å². The van der Waals surface area contributed by atoms with Gasteiger partial charge in [-0.2, -0.15) is 0 Å². The third-order valence-electron chi connectivity index (χ3n) is 2.24. The summed E-state index contributed by atoms with van der Waals surface area (Å²) >= 11 is 0. The highest BCUT2D eigenvalue weighted by Crippen LogP contribution is 2.06. The maximum atomic E-state index is 11.7. The van der Waals surface area contributed by atoms with Crippen LogP contribution in [0.5, 0.6) is 0 Å². The van der Waals surface area contributed by atoms with Gasteiger partial charge in [-0.15, -0.1) is 0 Å². The summed E-state index contributed by atoms with van der Waals surface area (Å²) in [5.74, 6) is -0.0752. The Morgan fingerprint density at radius 3 is 2.73 bits per heavy atom. The first kappa shape index (κ1) is 11.7. The van der Waals surface area contributed by atoms with Crippen molar-refractivity contribution < 1.29 is 9.90 Å². The molecular formula is C12H17NO2. The molecule has 1 aromatic carbocycles. The topological polar surface area (TPSA) is 49.3 Å². The van der Waals surface area contributed by atoms with Crippen molar-refractivity contribution in [1.82, 2.24) is 5.32 Å². The molecule has 2 N–H and O–H groups in total. The Labute approximate surface area is 90.1 Å². The van der Waals surface area contributed by atoms with Crippen molar-refractivity contribution in [3.63, 3.8) is 0 Å². The normalized spacial score (nSPS) is 12.2. The fraction of sp³-hybridized carbons (Fsp3) is 0.417. The summed E-state index contributed by atoms with van der Waals surface area (Å²) in [6.45, 7) is 4.12. The highest BCUT2D eigenvalue weighted by molar-refractivity contribution is 5.95. The van der Waals surface area contributed by atoms with E-state index in [-0.39, 0.29) is 12.0 Å². The minimum atomic E-state index is -0.373. The van der Waals surface area contributed by atoms with Gasteiger partial charge in [-0.3, -0.25) is 4.79 Å². The summed E-state index contributed by atoms with van der Waals surface area (Å²) in [5.41, 5.74) is 1.66. The molecular weight excluding hydrogens is 190 g/mol. The molecule has 15 heavy (non-hydrogen) atoms. The van der Waals surface area contributed by atoms with E-state index in [1.807, 2.05) is 25.1 Å². The number of nitrogens with one attached hydrogen (secondary N) is 1. The van der Waals surface area contributed by atoms with Gasteiger partial charge in [0.25, 0.3) is 5.91 Å². The number of hydrogen-bond acceptors (Lipinski definition) is 2. The number of aliphatic hydroxyl groups excluding tert-OH is 1. The predicted molar refractivity (Wildman–Crippen MR) is 59.8 cm³/mol. The molecule has 0 fully saturated rings. The fourth-order valence-electron chi connectivity index (χ4n) is 1.32. The molecule has 82 valence electrons. The van der Waals surface area contributed by atoms with E-state index < -0.39 is 0 Å². The van der Waals surface area contributed by atoms with Crippen LogP contribution in [-0.2, 0) is 0 Å². The smallest absolute Gasteiger partial charge is 0.251 e. The van der Waals surface area contributed by atoms with Crippen molar-refractivity contribution >= 4 is 5.91 Å². The predicted octanol–water partition coefficient (Wildman–Crippen LogP) is 1.50. The molecule has 3 heteroatoms. The molecule has 1 atom stereocenters. The van der Waals surface area contributed by atoms with E-state index in [9.17, 15) is 4.79 Å². The molecule has 0 saturated heterocycles. The van der Waals surface area contributed by atoms with Crippen molar-refractivity contribution in [3.05, 3.63) is 35.4 Å². The molecule has 1 amide bonds. The van der Waals surface area contributed by atoms with E-state index in [0.29, 0.717) is 18.5 Å². The second kappa shape index (κ2) is 5.51. The molecule has 0 aliphatic rings. The van der Waals surface area contributed by atoms with Crippen LogP contribution in [0.25, 0.3) is 0 Å². The molecule has 1 unspecified atom stereocenters. The largest absolute Gasteiger partial charge is 0.393 e. The Morgan fingerprint density at radius 2 is 2.13 bits per heavy atom. The van der Waals surface area contributed by atoms with Crippen molar-refractivity contribution in [2.45, 2.75) is 26.4 Å². The van der Waals surface area contributed by atoms with Crippen molar-refractivity contribution in [2.24, 2.45) is 0 Å². The lowest BCUT2D eigenvalue weighted by molar-refractivity contribution is 0.0945. The van der Waals surface area contributed by atoms with E-state index in [1.54, 1.807) is 13.0 Å². The molecule has 0 saturated carbocycles. The maximum absolute atomic E-state index is 11.7. The SMILES string of the molecule is Cc1ccccc1C(=O)NCCC(C)O. The number of aryl methyl sites for hydroxylation is 1. The van der Waals surface area contributed by atoms with E-state index in [0.717, 1.165) is 5.56 Å². The minimum absolute atomic E-state index is 0.0752. The second-order valence-electron chi connectivity index (χ2n) is 3.71. The standard InChI is InChI=1S/C12H17NO2/c1-9-5-3-4-6-11(9)12(15)13-8-7-10(2)14/h3-6,10,14H,7-8H2,1-2H3,(H,13,15). The molecule has 1 rings (SSSR count). The number of amides is 1. The van der Waals surface area contributed by atoms with Crippen LogP contribution in [0.1, 0.15) is 29.3 Å². The first-order valence-corrected chi connectivity index (χ1v) is 5.13. The van der Waals surface area contributed by atoms with Crippen LogP contribution in [0, 0.1) is 6.92 Å². The van der Waals surface area contributed by atoms with Gasteiger partial charge < -0.3 is 10.4 Å². The van der Waals surface area contributed by atoms with Crippen molar-refractivity contribution in [3.8, 4) is 0 Å². The average molecular weight is 207 g/mol. The van der Waals surface area contributed by atoms with E-state index in [4.69, 9.17) is 5.11 Å². The van der Waals surface area contributed by atoms with Gasteiger partial charge in [0.1, 0.15) is 0 Å². The van der Waals surface area contributed by atoms with E-state index in [1.165, 1.54) is 0 Å². The van der Waals surface area contributed by atoms with Gasteiger partial charge in [0.15, 0.2) is 0 Å². The minimum Gasteiger partial charge on any atom is -0.393 e. The highest BCUT2D eigenvalue weighted by atomic mass is 16.3. The Kier molecular flexibility index (Phi) is 4.31. The Bertz CT molecular complexity index is 334. The lowest BCUT2D eigenvalue weighted by atomic mass is 10.1. The van der Waals surface area contributed by atoms with Gasteiger partial charge in [-0.25, -0.2) is 0 Å². The lowest BCUT2D eigenvalue weighted by Crippen LogP contribution is -2.27. The van der Waals surface area contributed by atoms with E-state index in [2.05, 4.69) is 5.32 Å². The molecule has 0 radical (unpaired) electrons. The van der Waals surface area contributed by atoms with Crippen LogP contribution < -0.4 is 5.32 Å². The van der Waals surface area contributed by atoms with Crippen LogP contribution in [0.15, 0.2) is 24.3 Å². The van der Waals surface area contributed by atoms with Gasteiger partial charge in [-0.1, -0.05) is 18.2 Å². The van der Waals surface area contributed by atoms with Crippen LogP contribution in [0.2, 0.25) is 0 Å². The third kappa shape index (κ3) is 3.72. The average Bonchev–Trinajstić information content (AvgIpc) is 2.17. The Hall–Kier alpha value is -1.35. The number of aliphatic hydroxyl groups is 1.